The summed E-state index contributed by atoms with van der Waals surface area (Å²) in [6.07, 6.45) is 3.57. The van der Waals surface area contributed by atoms with Crippen molar-refractivity contribution in [1.29, 1.82) is 0 Å². The molecule has 1 saturated carbocycles. The van der Waals surface area contributed by atoms with Gasteiger partial charge in [0.15, 0.2) is 5.13 Å². The van der Waals surface area contributed by atoms with Gasteiger partial charge in [-0.3, -0.25) is 4.79 Å². The fraction of sp³-hybridized carbons (Fsp3) is 0.667. The molecule has 5 heteroatoms. The Bertz CT molecular complexity index is 427. The summed E-state index contributed by atoms with van der Waals surface area (Å²) < 4.78 is 0. The number of amides is 1. The molecule has 2 atom stereocenters. The van der Waals surface area contributed by atoms with Gasteiger partial charge in [0.25, 0.3) is 0 Å². The Morgan fingerprint density at radius 3 is 3.00 bits per heavy atom. The van der Waals surface area contributed by atoms with E-state index >= 15 is 0 Å². The second kappa shape index (κ2) is 4.38. The smallest absolute Gasteiger partial charge is 0.243 e. The average molecular weight is 251 g/mol. The molecular formula is C12H17N3OS. The predicted molar refractivity (Wildman–Crippen MR) is 68.3 cm³/mol. The normalized spacial score (nSPS) is 28.3. The zero-order valence-corrected chi connectivity index (χ0v) is 10.7. The van der Waals surface area contributed by atoms with Gasteiger partial charge < -0.3 is 10.6 Å². The number of carbonyl (C=O) groups excluding carboxylic acids is 1. The lowest BCUT2D eigenvalue weighted by Crippen LogP contribution is -2.39. The molecule has 0 spiro atoms. The van der Waals surface area contributed by atoms with E-state index in [0.717, 1.165) is 23.8 Å². The third-order valence-electron chi connectivity index (χ3n) is 3.56. The fourth-order valence-corrected chi connectivity index (χ4v) is 3.07. The van der Waals surface area contributed by atoms with Crippen molar-refractivity contribution < 1.29 is 4.79 Å². The lowest BCUT2D eigenvalue weighted by Gasteiger charge is -2.13. The molecule has 2 fully saturated rings. The zero-order chi connectivity index (χ0) is 11.8. The van der Waals surface area contributed by atoms with E-state index in [1.165, 1.54) is 24.2 Å². The van der Waals surface area contributed by atoms with Crippen molar-refractivity contribution in [3.8, 4) is 0 Å². The van der Waals surface area contributed by atoms with E-state index in [9.17, 15) is 4.79 Å². The molecule has 92 valence electrons. The highest BCUT2D eigenvalue weighted by Gasteiger charge is 2.30. The molecule has 2 aliphatic rings. The Morgan fingerprint density at radius 2 is 2.35 bits per heavy atom. The molecule has 1 aromatic heterocycles. The average Bonchev–Trinajstić information content (AvgIpc) is 2.90. The van der Waals surface area contributed by atoms with Gasteiger partial charge in [-0.15, -0.1) is 11.3 Å². The molecule has 0 aromatic carbocycles. The summed E-state index contributed by atoms with van der Waals surface area (Å²) in [7, 11) is 0. The van der Waals surface area contributed by atoms with Crippen LogP contribution in [0.3, 0.4) is 0 Å². The second-order valence-corrected chi connectivity index (χ2v) is 5.90. The minimum absolute atomic E-state index is 0.0525. The van der Waals surface area contributed by atoms with Gasteiger partial charge in [-0.1, -0.05) is 6.92 Å². The lowest BCUT2D eigenvalue weighted by molar-refractivity contribution is -0.118. The highest BCUT2D eigenvalue weighted by Crippen LogP contribution is 2.40. The molecule has 3 rings (SSSR count). The quantitative estimate of drug-likeness (QED) is 0.863. The van der Waals surface area contributed by atoms with Gasteiger partial charge in [0, 0.05) is 11.3 Å². The Kier molecular flexibility index (Phi) is 2.88. The molecule has 1 amide bonds. The molecule has 2 heterocycles. The van der Waals surface area contributed by atoms with E-state index in [1.54, 1.807) is 0 Å². The number of rotatable bonds is 3. The zero-order valence-electron chi connectivity index (χ0n) is 9.90. The van der Waals surface area contributed by atoms with Gasteiger partial charge in [-0.2, -0.15) is 0 Å². The summed E-state index contributed by atoms with van der Waals surface area (Å²) in [4.78, 5) is 16.5. The number of nitrogens with zero attached hydrogens (tertiary/aromatic N) is 1. The van der Waals surface area contributed by atoms with Gasteiger partial charge in [0.2, 0.25) is 5.91 Å². The molecule has 1 aliphatic carbocycles. The fourth-order valence-electron chi connectivity index (χ4n) is 2.28. The standard InChI is InChI=1S/C12H17N3OS/c1-7-4-5-13-10(7)11(16)15-12-14-9(6-17-12)8-2-3-8/h6-8,10,13H,2-5H2,1H3,(H,14,15,16). The molecule has 1 aliphatic heterocycles. The maximum absolute atomic E-state index is 12.0. The van der Waals surface area contributed by atoms with Crippen LogP contribution in [-0.4, -0.2) is 23.5 Å². The van der Waals surface area contributed by atoms with E-state index in [-0.39, 0.29) is 11.9 Å². The Hall–Kier alpha value is -0.940. The van der Waals surface area contributed by atoms with E-state index in [0.29, 0.717) is 11.8 Å². The number of aromatic nitrogens is 1. The summed E-state index contributed by atoms with van der Waals surface area (Å²) in [5.41, 5.74) is 1.15. The first-order valence-electron chi connectivity index (χ1n) is 6.23. The second-order valence-electron chi connectivity index (χ2n) is 5.04. The van der Waals surface area contributed by atoms with Gasteiger partial charge in [0.05, 0.1) is 11.7 Å². The Morgan fingerprint density at radius 1 is 1.53 bits per heavy atom. The topological polar surface area (TPSA) is 54.0 Å². The van der Waals surface area contributed by atoms with Crippen LogP contribution in [0.4, 0.5) is 5.13 Å². The predicted octanol–water partition coefficient (Wildman–Crippen LogP) is 1.96. The van der Waals surface area contributed by atoms with Crippen molar-refractivity contribution in [3.63, 3.8) is 0 Å². The van der Waals surface area contributed by atoms with Gasteiger partial charge in [0.1, 0.15) is 0 Å². The number of anilines is 1. The van der Waals surface area contributed by atoms with Gasteiger partial charge >= 0.3 is 0 Å². The van der Waals surface area contributed by atoms with Crippen molar-refractivity contribution in [2.45, 2.75) is 38.1 Å². The minimum Gasteiger partial charge on any atom is -0.306 e. The van der Waals surface area contributed by atoms with Crippen LogP contribution in [0.25, 0.3) is 0 Å². The van der Waals surface area contributed by atoms with Gasteiger partial charge in [-0.25, -0.2) is 4.98 Å². The molecule has 4 nitrogen and oxygen atoms in total. The molecule has 2 unspecified atom stereocenters. The summed E-state index contributed by atoms with van der Waals surface area (Å²) >= 11 is 1.54. The van der Waals surface area contributed by atoms with Crippen LogP contribution in [0.1, 0.15) is 37.8 Å². The van der Waals surface area contributed by atoms with Crippen LogP contribution in [0.15, 0.2) is 5.38 Å². The van der Waals surface area contributed by atoms with Crippen LogP contribution in [0, 0.1) is 5.92 Å². The highest BCUT2D eigenvalue weighted by atomic mass is 32.1. The van der Waals surface area contributed by atoms with Crippen LogP contribution in [-0.2, 0) is 4.79 Å². The third-order valence-corrected chi connectivity index (χ3v) is 4.34. The van der Waals surface area contributed by atoms with Crippen LogP contribution in [0.2, 0.25) is 0 Å². The first-order valence-corrected chi connectivity index (χ1v) is 7.11. The van der Waals surface area contributed by atoms with E-state index in [1.807, 2.05) is 0 Å². The van der Waals surface area contributed by atoms with Crippen molar-refractivity contribution in [2.24, 2.45) is 5.92 Å². The summed E-state index contributed by atoms with van der Waals surface area (Å²) in [5, 5.41) is 8.97. The third kappa shape index (κ3) is 2.35. The van der Waals surface area contributed by atoms with Crippen LogP contribution >= 0.6 is 11.3 Å². The summed E-state index contributed by atoms with van der Waals surface area (Å²) in [6, 6.07) is -0.0525. The van der Waals surface area contributed by atoms with Gasteiger partial charge in [-0.05, 0) is 31.7 Å². The molecule has 17 heavy (non-hydrogen) atoms. The highest BCUT2D eigenvalue weighted by molar-refractivity contribution is 7.13. The number of thiazole rings is 1. The molecule has 2 N–H and O–H groups in total. The number of nitrogens with one attached hydrogen (secondary N) is 2. The first-order chi connectivity index (χ1) is 8.24. The van der Waals surface area contributed by atoms with E-state index in [2.05, 4.69) is 27.9 Å². The van der Waals surface area contributed by atoms with Crippen molar-refractivity contribution >= 4 is 22.4 Å². The van der Waals surface area contributed by atoms with Crippen LogP contribution in [0.5, 0.6) is 0 Å². The van der Waals surface area contributed by atoms with Crippen molar-refractivity contribution in [3.05, 3.63) is 11.1 Å². The molecule has 1 aromatic rings. The molecular weight excluding hydrogens is 234 g/mol. The van der Waals surface area contributed by atoms with Crippen LogP contribution < -0.4 is 10.6 Å². The Labute approximate surface area is 105 Å². The first kappa shape index (κ1) is 11.2. The van der Waals surface area contributed by atoms with Crippen molar-refractivity contribution in [1.82, 2.24) is 10.3 Å². The molecule has 0 radical (unpaired) electrons. The largest absolute Gasteiger partial charge is 0.306 e. The van der Waals surface area contributed by atoms with Crippen molar-refractivity contribution in [2.75, 3.05) is 11.9 Å². The maximum atomic E-state index is 12.0. The minimum atomic E-state index is -0.0525. The summed E-state index contributed by atoms with van der Waals surface area (Å²) in [6.45, 7) is 3.05. The molecule has 0 bridgehead atoms. The maximum Gasteiger partial charge on any atom is 0.243 e. The number of hydrogen-bond donors (Lipinski definition) is 2. The molecule has 1 saturated heterocycles. The monoisotopic (exact) mass is 251 g/mol. The van der Waals surface area contributed by atoms with E-state index < -0.39 is 0 Å². The number of hydrogen-bond acceptors (Lipinski definition) is 4. The SMILES string of the molecule is CC1CCNC1C(=O)Nc1nc(C2CC2)cs1. The summed E-state index contributed by atoms with van der Waals surface area (Å²) in [5.74, 6) is 1.13. The Balaban J connectivity index is 1.63. The lowest BCUT2D eigenvalue weighted by atomic mass is 10.0. The van der Waals surface area contributed by atoms with E-state index in [4.69, 9.17) is 0 Å². The number of carbonyl (C=O) groups is 1.